The monoisotopic (exact) mass is 446 g/mol. The Morgan fingerprint density at radius 2 is 2.00 bits per heavy atom. The van der Waals surface area contributed by atoms with E-state index < -0.39 is 0 Å². The van der Waals surface area contributed by atoms with E-state index in [1.807, 2.05) is 43.3 Å². The van der Waals surface area contributed by atoms with Crippen molar-refractivity contribution in [2.45, 2.75) is 33.2 Å². The summed E-state index contributed by atoms with van der Waals surface area (Å²) < 4.78 is 5.37. The summed E-state index contributed by atoms with van der Waals surface area (Å²) in [6, 6.07) is 13.3. The molecule has 0 bridgehead atoms. The van der Waals surface area contributed by atoms with Gasteiger partial charge in [0.25, 0.3) is 11.6 Å². The first kappa shape index (κ1) is 20.4. The van der Waals surface area contributed by atoms with Gasteiger partial charge in [0, 0.05) is 23.0 Å². The lowest BCUT2D eigenvalue weighted by molar-refractivity contribution is -0.117. The number of pyridine rings is 1. The molecule has 1 aliphatic rings. The zero-order valence-electron chi connectivity index (χ0n) is 17.8. The van der Waals surface area contributed by atoms with Crippen LogP contribution >= 0.6 is 11.3 Å². The summed E-state index contributed by atoms with van der Waals surface area (Å²) in [5.41, 5.74) is 3.77. The van der Waals surface area contributed by atoms with Crippen LogP contribution in [0.4, 0.5) is 5.69 Å². The fraction of sp³-hybridized carbons (Fsp3) is 0.250. The van der Waals surface area contributed by atoms with Crippen molar-refractivity contribution in [1.29, 1.82) is 0 Å². The molecule has 7 nitrogen and oxygen atoms in total. The van der Waals surface area contributed by atoms with E-state index in [0.717, 1.165) is 33.8 Å². The quantitative estimate of drug-likeness (QED) is 0.441. The van der Waals surface area contributed by atoms with Crippen molar-refractivity contribution in [1.82, 2.24) is 15.5 Å². The Labute approximate surface area is 188 Å². The first-order chi connectivity index (χ1) is 15.5. The lowest BCUT2D eigenvalue weighted by atomic mass is 10.1. The summed E-state index contributed by atoms with van der Waals surface area (Å²) in [4.78, 5) is 31.9. The number of amides is 2. The summed E-state index contributed by atoms with van der Waals surface area (Å²) in [5, 5.41) is 10.5. The number of hydrogen-bond donors (Lipinski definition) is 2. The van der Waals surface area contributed by atoms with Crippen LogP contribution in [0.25, 0.3) is 21.7 Å². The maximum atomic E-state index is 13.2. The van der Waals surface area contributed by atoms with E-state index in [-0.39, 0.29) is 17.7 Å². The molecule has 32 heavy (non-hydrogen) atoms. The smallest absolute Gasteiger partial charge is 0.259 e. The number of anilines is 1. The van der Waals surface area contributed by atoms with Crippen molar-refractivity contribution in [3.63, 3.8) is 0 Å². The van der Waals surface area contributed by atoms with Gasteiger partial charge in [-0.2, -0.15) is 0 Å². The van der Waals surface area contributed by atoms with Gasteiger partial charge in [0.2, 0.25) is 5.91 Å². The van der Waals surface area contributed by atoms with Gasteiger partial charge >= 0.3 is 0 Å². The molecule has 0 aliphatic heterocycles. The molecule has 1 saturated carbocycles. The molecule has 0 radical (unpaired) electrons. The first-order valence-corrected chi connectivity index (χ1v) is 11.3. The molecule has 0 saturated heterocycles. The highest BCUT2D eigenvalue weighted by molar-refractivity contribution is 7.15. The van der Waals surface area contributed by atoms with Crippen LogP contribution in [0, 0.1) is 19.8 Å². The second-order valence-corrected chi connectivity index (χ2v) is 9.35. The Balaban J connectivity index is 1.38. The van der Waals surface area contributed by atoms with Gasteiger partial charge in [-0.25, -0.2) is 4.98 Å². The summed E-state index contributed by atoms with van der Waals surface area (Å²) in [5.74, 6) is -0.0316. The minimum absolute atomic E-state index is 0.0599. The van der Waals surface area contributed by atoms with Crippen molar-refractivity contribution in [3.05, 3.63) is 64.2 Å². The van der Waals surface area contributed by atoms with Gasteiger partial charge in [0.05, 0.1) is 27.2 Å². The highest BCUT2D eigenvalue weighted by Crippen LogP contribution is 2.31. The number of nitrogens with one attached hydrogen (secondary N) is 2. The third-order valence-electron chi connectivity index (χ3n) is 5.45. The number of nitrogens with zero attached hydrogens (tertiary/aromatic N) is 2. The summed E-state index contributed by atoms with van der Waals surface area (Å²) >= 11 is 1.61. The van der Waals surface area contributed by atoms with Crippen LogP contribution in [0.2, 0.25) is 0 Å². The van der Waals surface area contributed by atoms with Gasteiger partial charge in [0.15, 0.2) is 0 Å². The number of aryl methyl sites for hydroxylation is 2. The molecule has 1 aliphatic carbocycles. The second kappa shape index (κ2) is 8.20. The molecule has 2 N–H and O–H groups in total. The third kappa shape index (κ3) is 4.13. The normalized spacial score (nSPS) is 13.3. The number of aromatic nitrogens is 2. The number of carbonyl (C=O) groups is 2. The topological polar surface area (TPSA) is 97.1 Å². The average molecular weight is 447 g/mol. The van der Waals surface area contributed by atoms with Crippen molar-refractivity contribution < 1.29 is 14.1 Å². The molecule has 1 fully saturated rings. The molecule has 3 aromatic heterocycles. The Kier molecular flexibility index (Phi) is 5.22. The lowest BCUT2D eigenvalue weighted by Gasteiger charge is -2.10. The zero-order chi connectivity index (χ0) is 22.2. The van der Waals surface area contributed by atoms with E-state index in [9.17, 15) is 9.59 Å². The maximum Gasteiger partial charge on any atom is 0.259 e. The fourth-order valence-electron chi connectivity index (χ4n) is 3.60. The second-order valence-electron chi connectivity index (χ2n) is 8.06. The van der Waals surface area contributed by atoms with Crippen LogP contribution < -0.4 is 10.6 Å². The highest BCUT2D eigenvalue weighted by atomic mass is 32.1. The number of hydrogen-bond acceptors (Lipinski definition) is 6. The molecule has 8 heteroatoms. The van der Waals surface area contributed by atoms with Gasteiger partial charge in [-0.1, -0.05) is 17.3 Å². The number of carbonyl (C=O) groups excluding carboxylic acids is 2. The maximum absolute atomic E-state index is 13.2. The van der Waals surface area contributed by atoms with Gasteiger partial charge in [-0.15, -0.1) is 11.3 Å². The van der Waals surface area contributed by atoms with Crippen LogP contribution in [-0.4, -0.2) is 22.0 Å². The summed E-state index contributed by atoms with van der Waals surface area (Å²) in [7, 11) is 0. The first-order valence-electron chi connectivity index (χ1n) is 10.5. The molecule has 3 heterocycles. The number of rotatable bonds is 6. The van der Waals surface area contributed by atoms with Gasteiger partial charge < -0.3 is 15.2 Å². The summed E-state index contributed by atoms with van der Waals surface area (Å²) in [6.45, 7) is 4.15. The minimum Gasteiger partial charge on any atom is -0.348 e. The Morgan fingerprint density at radius 1 is 1.16 bits per heavy atom. The molecule has 0 unspecified atom stereocenters. The molecule has 1 aromatic carbocycles. The minimum atomic E-state index is -0.231. The molecular formula is C24H22N4O3S. The zero-order valence-corrected chi connectivity index (χ0v) is 18.6. The average Bonchev–Trinajstić information content (AvgIpc) is 3.46. The van der Waals surface area contributed by atoms with E-state index in [0.29, 0.717) is 34.6 Å². The predicted molar refractivity (Wildman–Crippen MR) is 124 cm³/mol. The van der Waals surface area contributed by atoms with Crippen LogP contribution in [0.15, 0.2) is 47.0 Å². The van der Waals surface area contributed by atoms with E-state index in [1.54, 1.807) is 24.3 Å². The van der Waals surface area contributed by atoms with E-state index in [4.69, 9.17) is 4.52 Å². The molecule has 5 rings (SSSR count). The van der Waals surface area contributed by atoms with Crippen LogP contribution in [-0.2, 0) is 11.3 Å². The number of thiophene rings is 1. The van der Waals surface area contributed by atoms with Crippen LogP contribution in [0.5, 0.6) is 0 Å². The Hall–Kier alpha value is -3.52. The standard InChI is InChI=1S/C24H22N4O3S/c1-13-6-9-20(32-13)19-11-18(21-14(2)28-31-24(21)27-19)23(30)25-12-15-4-3-5-17(10-15)26-22(29)16-7-8-16/h3-6,9-11,16H,7-8,12H2,1-2H3,(H,25,30)(H,26,29). The lowest BCUT2D eigenvalue weighted by Crippen LogP contribution is -2.23. The third-order valence-corrected chi connectivity index (χ3v) is 6.47. The molecule has 162 valence electrons. The van der Waals surface area contributed by atoms with Crippen molar-refractivity contribution >= 4 is 39.9 Å². The summed E-state index contributed by atoms with van der Waals surface area (Å²) in [6.07, 6.45) is 1.91. The Bertz CT molecular complexity index is 1340. The van der Waals surface area contributed by atoms with Gasteiger partial charge in [-0.05, 0) is 62.6 Å². The Morgan fingerprint density at radius 3 is 2.75 bits per heavy atom. The molecule has 0 atom stereocenters. The molecule has 2 amide bonds. The predicted octanol–water partition coefficient (Wildman–Crippen LogP) is 4.85. The largest absolute Gasteiger partial charge is 0.348 e. The van der Waals surface area contributed by atoms with Crippen molar-refractivity contribution in [2.75, 3.05) is 5.32 Å². The molecular weight excluding hydrogens is 424 g/mol. The van der Waals surface area contributed by atoms with E-state index in [2.05, 4.69) is 20.8 Å². The number of fused-ring (bicyclic) bond motifs is 1. The van der Waals surface area contributed by atoms with E-state index >= 15 is 0 Å². The van der Waals surface area contributed by atoms with Gasteiger partial charge in [-0.3, -0.25) is 9.59 Å². The number of benzene rings is 1. The van der Waals surface area contributed by atoms with Crippen molar-refractivity contribution in [3.8, 4) is 10.6 Å². The molecule has 4 aromatic rings. The van der Waals surface area contributed by atoms with Crippen LogP contribution in [0.3, 0.4) is 0 Å². The van der Waals surface area contributed by atoms with Gasteiger partial charge in [0.1, 0.15) is 0 Å². The molecule has 0 spiro atoms. The van der Waals surface area contributed by atoms with Crippen LogP contribution in [0.1, 0.15) is 39.3 Å². The highest BCUT2D eigenvalue weighted by Gasteiger charge is 2.29. The SMILES string of the molecule is Cc1ccc(-c2cc(C(=O)NCc3cccc(NC(=O)C4CC4)c3)c3c(C)noc3n2)s1. The fourth-order valence-corrected chi connectivity index (χ4v) is 4.43. The van der Waals surface area contributed by atoms with Crippen molar-refractivity contribution in [2.24, 2.45) is 5.92 Å². The van der Waals surface area contributed by atoms with E-state index in [1.165, 1.54) is 0 Å².